The zero-order valence-electron chi connectivity index (χ0n) is 19.2. The molecule has 2 atom stereocenters. The molecule has 0 bridgehead atoms. The number of anilines is 3. The highest BCUT2D eigenvalue weighted by Crippen LogP contribution is 2.70. The first-order valence-electron chi connectivity index (χ1n) is 10.7. The number of nitrogen functional groups attached to an aromatic ring is 1. The second kappa shape index (κ2) is 10.7. The molecule has 0 radical (unpaired) electrons. The third-order valence-corrected chi connectivity index (χ3v) is 7.83. The summed E-state index contributed by atoms with van der Waals surface area (Å²) in [6.07, 6.45) is 3.98. The summed E-state index contributed by atoms with van der Waals surface area (Å²) in [5, 5.41) is 6.83. The van der Waals surface area contributed by atoms with Crippen LogP contribution in [-0.4, -0.2) is 23.1 Å². The van der Waals surface area contributed by atoms with Crippen LogP contribution >= 0.6 is 46.4 Å². The van der Waals surface area contributed by atoms with Crippen LogP contribution < -0.4 is 16.4 Å². The lowest BCUT2D eigenvalue weighted by Gasteiger charge is -2.15. The molecule has 184 valence electrons. The fourth-order valence-corrected chi connectivity index (χ4v) is 5.01. The van der Waals surface area contributed by atoms with Gasteiger partial charge in [0.25, 0.3) is 5.91 Å². The van der Waals surface area contributed by atoms with Gasteiger partial charge in [0.2, 0.25) is 0 Å². The summed E-state index contributed by atoms with van der Waals surface area (Å²) < 4.78 is -1.35. The van der Waals surface area contributed by atoms with Crippen molar-refractivity contribution < 1.29 is 9.59 Å². The second-order valence-electron chi connectivity index (χ2n) is 8.47. The van der Waals surface area contributed by atoms with Gasteiger partial charge in [0, 0.05) is 40.1 Å². The molecule has 1 amide bonds. The molecule has 0 heterocycles. The average molecular weight is 553 g/mol. The maximum atomic E-state index is 12.8. The molecule has 1 fully saturated rings. The number of carbonyl (C=O) groups excluding carboxylic acids is 2. The van der Waals surface area contributed by atoms with Gasteiger partial charge in [-0.2, -0.15) is 0 Å². The molecule has 0 spiro atoms. The highest BCUT2D eigenvalue weighted by Gasteiger charge is 2.76. The molecule has 0 aromatic heterocycles. The Morgan fingerprint density at radius 1 is 1.17 bits per heavy atom. The van der Waals surface area contributed by atoms with E-state index in [9.17, 15) is 9.59 Å². The summed E-state index contributed by atoms with van der Waals surface area (Å²) in [4.78, 5) is 24.9. The van der Waals surface area contributed by atoms with E-state index in [4.69, 9.17) is 52.1 Å². The second-order valence-corrected chi connectivity index (χ2v) is 10.8. The first-order valence-corrected chi connectivity index (χ1v) is 12.2. The van der Waals surface area contributed by atoms with Crippen molar-refractivity contribution in [2.45, 2.75) is 18.2 Å². The minimum absolute atomic E-state index is 0.140. The SMILES string of the molecule is C=C(/C=C\C(Cl)=C(/C)Cl)C1C(Cl)(Cl)C1(C=O)CNc1cccc(C(=O)Nc2ccc(N)cc2C)c1. The molecule has 1 aliphatic carbocycles. The lowest BCUT2D eigenvalue weighted by Crippen LogP contribution is -2.23. The van der Waals surface area contributed by atoms with Gasteiger partial charge in [-0.25, -0.2) is 0 Å². The molecular formula is C26H25Cl4N3O2. The minimum atomic E-state index is -1.35. The highest BCUT2D eigenvalue weighted by atomic mass is 35.5. The minimum Gasteiger partial charge on any atom is -0.399 e. The van der Waals surface area contributed by atoms with Crippen LogP contribution in [0.2, 0.25) is 0 Å². The van der Waals surface area contributed by atoms with E-state index in [1.165, 1.54) is 0 Å². The highest BCUT2D eigenvalue weighted by molar-refractivity contribution is 6.53. The third-order valence-electron chi connectivity index (χ3n) is 5.98. The summed E-state index contributed by atoms with van der Waals surface area (Å²) >= 11 is 25.0. The van der Waals surface area contributed by atoms with Crippen LogP contribution in [0.1, 0.15) is 22.8 Å². The number of aryl methyl sites for hydroxylation is 1. The van der Waals surface area contributed by atoms with Crippen molar-refractivity contribution in [1.29, 1.82) is 0 Å². The fraction of sp³-hybridized carbons (Fsp3) is 0.231. The van der Waals surface area contributed by atoms with Crippen molar-refractivity contribution in [2.24, 2.45) is 11.3 Å². The topological polar surface area (TPSA) is 84.2 Å². The van der Waals surface area contributed by atoms with E-state index in [0.29, 0.717) is 38.3 Å². The quantitative estimate of drug-likeness (QED) is 0.135. The number of nitrogens with two attached hydrogens (primary N) is 1. The normalized spacial score (nSPS) is 21.3. The van der Waals surface area contributed by atoms with Gasteiger partial charge < -0.3 is 21.2 Å². The third kappa shape index (κ3) is 5.70. The number of rotatable bonds is 9. The van der Waals surface area contributed by atoms with Gasteiger partial charge in [-0.05, 0) is 67.5 Å². The largest absolute Gasteiger partial charge is 0.399 e. The Labute approximate surface area is 224 Å². The number of hydrogen-bond donors (Lipinski definition) is 3. The van der Waals surface area contributed by atoms with Gasteiger partial charge in [-0.1, -0.05) is 65.1 Å². The maximum absolute atomic E-state index is 12.8. The summed E-state index contributed by atoms with van der Waals surface area (Å²) in [5.41, 5.74) is 8.43. The van der Waals surface area contributed by atoms with Gasteiger partial charge in [-0.3, -0.25) is 4.79 Å². The Balaban J connectivity index is 1.72. The summed E-state index contributed by atoms with van der Waals surface area (Å²) in [6.45, 7) is 7.67. The van der Waals surface area contributed by atoms with Crippen LogP contribution in [0.4, 0.5) is 17.1 Å². The number of alkyl halides is 2. The number of allylic oxidation sites excluding steroid dienone is 5. The Hall–Kier alpha value is -2.44. The van der Waals surface area contributed by atoms with Crippen molar-refractivity contribution in [3.8, 4) is 0 Å². The molecule has 3 rings (SSSR count). The number of nitrogens with one attached hydrogen (secondary N) is 2. The predicted molar refractivity (Wildman–Crippen MR) is 148 cm³/mol. The first kappa shape index (κ1) is 27.2. The van der Waals surface area contributed by atoms with E-state index in [2.05, 4.69) is 17.2 Å². The van der Waals surface area contributed by atoms with Crippen LogP contribution in [0.5, 0.6) is 0 Å². The van der Waals surface area contributed by atoms with Crippen molar-refractivity contribution >= 4 is 75.7 Å². The average Bonchev–Trinajstić information content (AvgIpc) is 3.32. The van der Waals surface area contributed by atoms with Crippen LogP contribution in [0.3, 0.4) is 0 Å². The number of aldehydes is 1. The predicted octanol–water partition coefficient (Wildman–Crippen LogP) is 7.05. The first-order chi connectivity index (χ1) is 16.4. The van der Waals surface area contributed by atoms with Crippen LogP contribution in [0, 0.1) is 18.3 Å². The molecule has 9 heteroatoms. The summed E-state index contributed by atoms with van der Waals surface area (Å²) in [6, 6.07) is 12.2. The van der Waals surface area contributed by atoms with E-state index in [1.807, 2.05) is 6.92 Å². The van der Waals surface area contributed by atoms with E-state index in [1.54, 1.807) is 61.5 Å². The molecule has 35 heavy (non-hydrogen) atoms. The number of benzene rings is 2. The Morgan fingerprint density at radius 3 is 2.51 bits per heavy atom. The van der Waals surface area contributed by atoms with Crippen molar-refractivity contribution in [3.63, 3.8) is 0 Å². The van der Waals surface area contributed by atoms with Gasteiger partial charge in [0.05, 0.1) is 10.4 Å². The summed E-state index contributed by atoms with van der Waals surface area (Å²) in [7, 11) is 0. The lowest BCUT2D eigenvalue weighted by molar-refractivity contribution is -0.112. The molecule has 0 saturated heterocycles. The van der Waals surface area contributed by atoms with Crippen molar-refractivity contribution in [2.75, 3.05) is 22.9 Å². The Morgan fingerprint density at radius 2 is 1.89 bits per heavy atom. The lowest BCUT2D eigenvalue weighted by atomic mass is 10.0. The van der Waals surface area contributed by atoms with Crippen LogP contribution in [-0.2, 0) is 4.79 Å². The molecule has 2 aromatic carbocycles. The number of halogens is 4. The molecule has 5 nitrogen and oxygen atoms in total. The van der Waals surface area contributed by atoms with E-state index < -0.39 is 15.7 Å². The Bertz CT molecular complexity index is 1230. The number of amides is 1. The molecule has 1 saturated carbocycles. The monoisotopic (exact) mass is 551 g/mol. The van der Waals surface area contributed by atoms with E-state index in [0.717, 1.165) is 11.8 Å². The molecule has 2 aromatic rings. The number of hydrogen-bond acceptors (Lipinski definition) is 4. The smallest absolute Gasteiger partial charge is 0.255 e. The molecule has 4 N–H and O–H groups in total. The maximum Gasteiger partial charge on any atom is 0.255 e. The molecule has 1 aliphatic rings. The van der Waals surface area contributed by atoms with E-state index in [-0.39, 0.29) is 12.5 Å². The van der Waals surface area contributed by atoms with Crippen LogP contribution in [0.25, 0.3) is 0 Å². The molecule has 0 aliphatic heterocycles. The van der Waals surface area contributed by atoms with Gasteiger partial charge in [0.15, 0.2) is 0 Å². The van der Waals surface area contributed by atoms with E-state index >= 15 is 0 Å². The van der Waals surface area contributed by atoms with Crippen molar-refractivity contribution in [1.82, 2.24) is 0 Å². The zero-order valence-corrected chi connectivity index (χ0v) is 22.2. The molecule has 2 unspecified atom stereocenters. The van der Waals surface area contributed by atoms with Gasteiger partial charge in [-0.15, -0.1) is 0 Å². The number of carbonyl (C=O) groups is 2. The molecular weight excluding hydrogens is 528 g/mol. The van der Waals surface area contributed by atoms with Crippen molar-refractivity contribution in [3.05, 3.63) is 88.0 Å². The Kier molecular flexibility index (Phi) is 8.28. The zero-order chi connectivity index (χ0) is 26.0. The van der Waals surface area contributed by atoms with Crippen LogP contribution in [0.15, 0.2) is 76.8 Å². The van der Waals surface area contributed by atoms with Gasteiger partial charge >= 0.3 is 0 Å². The van der Waals surface area contributed by atoms with Gasteiger partial charge in [0.1, 0.15) is 10.6 Å². The standard InChI is InChI=1S/C26H25Cl4N3O2/c1-15(7-9-21(28)17(3)27)23-25(14-34,26(23,29)30)13-32-20-6-4-5-18(12-20)24(35)33-22-10-8-19(31)11-16(22)2/h4-12,14,23,32H,1,13,31H2,2-3H3,(H,33,35)/b9-7-,21-17-. The fourth-order valence-electron chi connectivity index (χ4n) is 3.88. The summed E-state index contributed by atoms with van der Waals surface area (Å²) in [5.74, 6) is -0.808.